The van der Waals surface area contributed by atoms with Crippen molar-refractivity contribution in [3.8, 4) is 11.3 Å². The van der Waals surface area contributed by atoms with Gasteiger partial charge in [-0.25, -0.2) is 9.67 Å². The minimum Gasteiger partial charge on any atom is -0.464 e. The van der Waals surface area contributed by atoms with E-state index >= 15 is 0 Å². The zero-order valence-corrected chi connectivity index (χ0v) is 14.2. The molecule has 0 atom stereocenters. The van der Waals surface area contributed by atoms with E-state index in [2.05, 4.69) is 25.5 Å². The van der Waals surface area contributed by atoms with E-state index in [-0.39, 0.29) is 5.56 Å². The van der Waals surface area contributed by atoms with E-state index in [0.29, 0.717) is 39.3 Å². The molecule has 0 bridgehead atoms. The number of thioether (sulfide) groups is 1. The summed E-state index contributed by atoms with van der Waals surface area (Å²) in [5.74, 6) is 1.74. The lowest BCUT2D eigenvalue weighted by molar-refractivity contribution is 0.581. The summed E-state index contributed by atoms with van der Waals surface area (Å²) < 4.78 is 7.09. The van der Waals surface area contributed by atoms with Crippen LogP contribution in [0.1, 0.15) is 12.7 Å². The largest absolute Gasteiger partial charge is 0.464 e. The van der Waals surface area contributed by atoms with Crippen molar-refractivity contribution in [2.75, 3.05) is 0 Å². The number of hydrogen-bond donors (Lipinski definition) is 1. The maximum Gasteiger partial charge on any atom is 0.260 e. The van der Waals surface area contributed by atoms with Crippen LogP contribution in [0, 0.1) is 0 Å². The molecular weight excluding hydrogens is 348 g/mol. The first-order valence-corrected chi connectivity index (χ1v) is 9.06. The Balaban J connectivity index is 1.65. The molecular formula is C14H12N6O2S2. The number of nitrogens with zero attached hydrogens (tertiary/aromatic N) is 5. The van der Waals surface area contributed by atoms with Crippen molar-refractivity contribution in [1.82, 2.24) is 30.2 Å². The predicted octanol–water partition coefficient (Wildman–Crippen LogP) is 2.54. The minimum absolute atomic E-state index is 0.168. The molecule has 0 aliphatic carbocycles. The van der Waals surface area contributed by atoms with Crippen LogP contribution in [0.15, 0.2) is 38.1 Å². The van der Waals surface area contributed by atoms with Crippen LogP contribution >= 0.6 is 23.1 Å². The van der Waals surface area contributed by atoms with Crippen LogP contribution in [0.2, 0.25) is 0 Å². The van der Waals surface area contributed by atoms with Gasteiger partial charge in [0.2, 0.25) is 5.16 Å². The normalized spacial score (nSPS) is 11.4. The Kier molecular flexibility index (Phi) is 3.90. The number of fused-ring (bicyclic) bond motifs is 1. The van der Waals surface area contributed by atoms with Crippen LogP contribution in [-0.4, -0.2) is 30.2 Å². The van der Waals surface area contributed by atoms with E-state index in [1.807, 2.05) is 18.4 Å². The third-order valence-electron chi connectivity index (χ3n) is 3.42. The van der Waals surface area contributed by atoms with Crippen molar-refractivity contribution in [2.45, 2.75) is 24.4 Å². The van der Waals surface area contributed by atoms with E-state index in [4.69, 9.17) is 4.42 Å². The highest BCUT2D eigenvalue weighted by molar-refractivity contribution is 7.98. The summed E-state index contributed by atoms with van der Waals surface area (Å²) in [6.45, 7) is 2.66. The molecule has 24 heavy (non-hydrogen) atoms. The lowest BCUT2D eigenvalue weighted by Gasteiger charge is -2.02. The number of H-pyrrole nitrogens is 1. The number of aryl methyl sites for hydroxylation is 1. The molecule has 0 radical (unpaired) electrons. The molecule has 0 saturated heterocycles. The minimum atomic E-state index is -0.168. The SMILES string of the molecule is CCn1nnnc1SCc1nc2scc(-c3ccco3)c2c(=O)[nH]1. The summed E-state index contributed by atoms with van der Waals surface area (Å²) in [6, 6.07) is 3.62. The van der Waals surface area contributed by atoms with Crippen LogP contribution in [0.5, 0.6) is 0 Å². The molecule has 10 heteroatoms. The number of rotatable bonds is 5. The van der Waals surface area contributed by atoms with E-state index in [1.165, 1.54) is 23.1 Å². The van der Waals surface area contributed by atoms with Gasteiger partial charge in [-0.1, -0.05) is 11.8 Å². The summed E-state index contributed by atoms with van der Waals surface area (Å²) in [4.78, 5) is 20.5. The van der Waals surface area contributed by atoms with Gasteiger partial charge in [0, 0.05) is 17.5 Å². The van der Waals surface area contributed by atoms with Crippen LogP contribution in [0.3, 0.4) is 0 Å². The number of hydrogen-bond acceptors (Lipinski definition) is 8. The first-order chi connectivity index (χ1) is 11.8. The summed E-state index contributed by atoms with van der Waals surface area (Å²) in [7, 11) is 0. The third-order valence-corrected chi connectivity index (χ3v) is 5.26. The Bertz CT molecular complexity index is 1030. The molecule has 0 fully saturated rings. The van der Waals surface area contributed by atoms with E-state index < -0.39 is 0 Å². The van der Waals surface area contributed by atoms with Crippen molar-refractivity contribution in [3.63, 3.8) is 0 Å². The Morgan fingerprint density at radius 3 is 3.17 bits per heavy atom. The Morgan fingerprint density at radius 1 is 1.46 bits per heavy atom. The van der Waals surface area contributed by atoms with Gasteiger partial charge in [0.25, 0.3) is 5.56 Å². The molecule has 122 valence electrons. The standard InChI is InChI=1S/C14H12N6O2S2/c1-2-20-14(17-18-19-20)24-7-10-15-12(21)11-8(6-23-13(11)16-10)9-4-3-5-22-9/h3-6H,2,7H2,1H3,(H,15,16,21). The number of nitrogens with one attached hydrogen (secondary N) is 1. The fourth-order valence-corrected chi connectivity index (χ4v) is 4.06. The van der Waals surface area contributed by atoms with E-state index in [9.17, 15) is 4.79 Å². The molecule has 0 saturated carbocycles. The second kappa shape index (κ2) is 6.21. The van der Waals surface area contributed by atoms with Crippen LogP contribution < -0.4 is 5.56 Å². The zero-order chi connectivity index (χ0) is 16.5. The fraction of sp³-hybridized carbons (Fsp3) is 0.214. The Hall–Kier alpha value is -2.46. The molecule has 4 aromatic rings. The second-order valence-electron chi connectivity index (χ2n) is 4.89. The molecule has 0 aliphatic rings. The van der Waals surface area contributed by atoms with Crippen molar-refractivity contribution in [2.24, 2.45) is 0 Å². The molecule has 4 aromatic heterocycles. The van der Waals surface area contributed by atoms with Crippen LogP contribution in [0.25, 0.3) is 21.5 Å². The van der Waals surface area contributed by atoms with E-state index in [0.717, 1.165) is 5.56 Å². The van der Waals surface area contributed by atoms with Gasteiger partial charge in [-0.3, -0.25) is 4.79 Å². The topological polar surface area (TPSA) is 102 Å². The van der Waals surface area contributed by atoms with Crippen molar-refractivity contribution < 1.29 is 4.42 Å². The van der Waals surface area contributed by atoms with Gasteiger partial charge >= 0.3 is 0 Å². The highest BCUT2D eigenvalue weighted by Crippen LogP contribution is 2.31. The van der Waals surface area contributed by atoms with Gasteiger partial charge in [-0.05, 0) is 29.5 Å². The van der Waals surface area contributed by atoms with Crippen LogP contribution in [-0.2, 0) is 12.3 Å². The summed E-state index contributed by atoms with van der Waals surface area (Å²) in [5.41, 5.74) is 0.598. The summed E-state index contributed by atoms with van der Waals surface area (Å²) >= 11 is 2.86. The lowest BCUT2D eigenvalue weighted by Crippen LogP contribution is -2.11. The molecule has 8 nitrogen and oxygen atoms in total. The van der Waals surface area contributed by atoms with Gasteiger partial charge < -0.3 is 9.40 Å². The molecule has 0 aliphatic heterocycles. The van der Waals surface area contributed by atoms with E-state index in [1.54, 1.807) is 17.0 Å². The summed E-state index contributed by atoms with van der Waals surface area (Å²) in [6.07, 6.45) is 1.59. The number of tetrazole rings is 1. The maximum atomic E-state index is 12.5. The zero-order valence-electron chi connectivity index (χ0n) is 12.6. The molecule has 0 unspecified atom stereocenters. The molecule has 1 N–H and O–H groups in total. The lowest BCUT2D eigenvalue weighted by atomic mass is 10.2. The molecule has 4 rings (SSSR count). The number of thiophene rings is 1. The highest BCUT2D eigenvalue weighted by atomic mass is 32.2. The van der Waals surface area contributed by atoms with Crippen molar-refractivity contribution >= 4 is 33.3 Å². The van der Waals surface area contributed by atoms with Gasteiger partial charge in [0.15, 0.2) is 0 Å². The Morgan fingerprint density at radius 2 is 2.38 bits per heavy atom. The molecule has 0 aromatic carbocycles. The third kappa shape index (κ3) is 2.63. The van der Waals surface area contributed by atoms with Crippen molar-refractivity contribution in [3.05, 3.63) is 40.0 Å². The summed E-state index contributed by atoms with van der Waals surface area (Å²) in [5, 5.41) is 14.6. The van der Waals surface area contributed by atoms with Gasteiger partial charge in [-0.15, -0.1) is 16.4 Å². The van der Waals surface area contributed by atoms with Crippen LogP contribution in [0.4, 0.5) is 0 Å². The number of furan rings is 1. The molecule has 0 amide bonds. The van der Waals surface area contributed by atoms with Gasteiger partial charge in [0.1, 0.15) is 16.4 Å². The van der Waals surface area contributed by atoms with Gasteiger partial charge in [0.05, 0.1) is 17.4 Å². The predicted molar refractivity (Wildman–Crippen MR) is 91.0 cm³/mol. The maximum absolute atomic E-state index is 12.5. The quantitative estimate of drug-likeness (QED) is 0.546. The first kappa shape index (κ1) is 15.1. The molecule has 4 heterocycles. The highest BCUT2D eigenvalue weighted by Gasteiger charge is 2.15. The number of aromatic amines is 1. The average Bonchev–Trinajstić information content (AvgIpc) is 3.31. The Labute approximate surface area is 143 Å². The number of aromatic nitrogens is 6. The van der Waals surface area contributed by atoms with Gasteiger partial charge in [-0.2, -0.15) is 0 Å². The molecule has 0 spiro atoms. The monoisotopic (exact) mass is 360 g/mol. The average molecular weight is 360 g/mol. The smallest absolute Gasteiger partial charge is 0.260 e. The van der Waals surface area contributed by atoms with Crippen molar-refractivity contribution in [1.29, 1.82) is 0 Å². The first-order valence-electron chi connectivity index (χ1n) is 7.19. The second-order valence-corrected chi connectivity index (χ2v) is 6.69. The fourth-order valence-electron chi connectivity index (χ4n) is 2.31.